The number of halogens is 1. The largest absolute Gasteiger partial charge is 0.357 e. The Balaban J connectivity index is 0.00000300. The lowest BCUT2D eigenvalue weighted by Gasteiger charge is -2.31. The molecule has 1 aromatic carbocycles. The molecule has 0 bridgehead atoms. The number of hydrogen-bond donors (Lipinski definition) is 2. The molecule has 0 spiro atoms. The minimum atomic E-state index is 0. The maximum absolute atomic E-state index is 11.8. The molecular formula is C21H32IN5O2. The number of nitrogens with one attached hydrogen (secondary N) is 2. The highest BCUT2D eigenvalue weighted by Crippen LogP contribution is 2.15. The SMILES string of the molecule is CCNC(=NCc1cccc(CN2CCCC2=O)c1)NC1CCC(=O)N(C)C1.I. The minimum absolute atomic E-state index is 0. The van der Waals surface area contributed by atoms with Crippen molar-refractivity contribution in [3.63, 3.8) is 0 Å². The number of guanidine groups is 1. The van der Waals surface area contributed by atoms with Crippen molar-refractivity contribution in [3.8, 4) is 0 Å². The van der Waals surface area contributed by atoms with Crippen LogP contribution in [0.1, 0.15) is 43.7 Å². The van der Waals surface area contributed by atoms with Crippen molar-refractivity contribution in [2.24, 2.45) is 4.99 Å². The lowest BCUT2D eigenvalue weighted by atomic mass is 10.1. The van der Waals surface area contributed by atoms with E-state index in [-0.39, 0.29) is 41.8 Å². The van der Waals surface area contributed by atoms with Crippen LogP contribution in [0.3, 0.4) is 0 Å². The summed E-state index contributed by atoms with van der Waals surface area (Å²) in [5.74, 6) is 1.22. The van der Waals surface area contributed by atoms with Gasteiger partial charge >= 0.3 is 0 Å². The Bertz CT molecular complexity index is 740. The van der Waals surface area contributed by atoms with E-state index in [0.717, 1.165) is 43.0 Å². The lowest BCUT2D eigenvalue weighted by molar-refractivity contribution is -0.132. The third-order valence-electron chi connectivity index (χ3n) is 5.27. The molecule has 7 nitrogen and oxygen atoms in total. The molecule has 2 amide bonds. The summed E-state index contributed by atoms with van der Waals surface area (Å²) in [6.45, 7) is 5.62. The fraction of sp³-hybridized carbons (Fsp3) is 0.571. The van der Waals surface area contributed by atoms with E-state index in [4.69, 9.17) is 4.99 Å². The Kier molecular flexibility index (Phi) is 9.19. The van der Waals surface area contributed by atoms with Crippen LogP contribution < -0.4 is 10.6 Å². The Morgan fingerprint density at radius 2 is 2.00 bits per heavy atom. The van der Waals surface area contributed by atoms with Crippen molar-refractivity contribution < 1.29 is 9.59 Å². The smallest absolute Gasteiger partial charge is 0.222 e. The number of aliphatic imine (C=N–C) groups is 1. The zero-order valence-electron chi connectivity index (χ0n) is 17.3. The van der Waals surface area contributed by atoms with Crippen LogP contribution in [-0.2, 0) is 22.7 Å². The van der Waals surface area contributed by atoms with Crippen molar-refractivity contribution in [2.75, 3.05) is 26.7 Å². The summed E-state index contributed by atoms with van der Waals surface area (Å²) < 4.78 is 0. The number of likely N-dealkylation sites (tertiary alicyclic amines) is 2. The molecule has 1 atom stereocenters. The molecule has 160 valence electrons. The maximum Gasteiger partial charge on any atom is 0.222 e. The Hall–Kier alpha value is -1.84. The van der Waals surface area contributed by atoms with Gasteiger partial charge in [0.05, 0.1) is 6.54 Å². The van der Waals surface area contributed by atoms with E-state index in [9.17, 15) is 9.59 Å². The van der Waals surface area contributed by atoms with Crippen molar-refractivity contribution in [2.45, 2.75) is 51.7 Å². The van der Waals surface area contributed by atoms with Gasteiger partial charge in [-0.15, -0.1) is 24.0 Å². The molecule has 2 aliphatic rings. The van der Waals surface area contributed by atoms with E-state index in [0.29, 0.717) is 32.5 Å². The van der Waals surface area contributed by atoms with E-state index in [2.05, 4.69) is 28.8 Å². The average Bonchev–Trinajstić information content (AvgIpc) is 3.08. The molecule has 0 aromatic heterocycles. The molecular weight excluding hydrogens is 481 g/mol. The van der Waals surface area contributed by atoms with Gasteiger partial charge in [0.1, 0.15) is 0 Å². The molecule has 0 radical (unpaired) electrons. The molecule has 29 heavy (non-hydrogen) atoms. The van der Waals surface area contributed by atoms with Gasteiger partial charge in [-0.2, -0.15) is 0 Å². The molecule has 0 aliphatic carbocycles. The van der Waals surface area contributed by atoms with Crippen LogP contribution in [-0.4, -0.2) is 60.3 Å². The summed E-state index contributed by atoms with van der Waals surface area (Å²) in [5, 5.41) is 6.74. The summed E-state index contributed by atoms with van der Waals surface area (Å²) in [6.07, 6.45) is 3.03. The van der Waals surface area contributed by atoms with Crippen molar-refractivity contribution in [1.29, 1.82) is 0 Å². The molecule has 2 fully saturated rings. The molecule has 1 unspecified atom stereocenters. The van der Waals surface area contributed by atoms with Gasteiger partial charge in [0.2, 0.25) is 11.8 Å². The van der Waals surface area contributed by atoms with Crippen LogP contribution in [0, 0.1) is 0 Å². The van der Waals surface area contributed by atoms with Gasteiger partial charge in [-0.1, -0.05) is 24.3 Å². The number of likely N-dealkylation sites (N-methyl/N-ethyl adjacent to an activating group) is 1. The van der Waals surface area contributed by atoms with E-state index < -0.39 is 0 Å². The van der Waals surface area contributed by atoms with Gasteiger partial charge in [0.15, 0.2) is 5.96 Å². The number of amides is 2. The number of carbonyl (C=O) groups is 2. The van der Waals surface area contributed by atoms with E-state index in [1.807, 2.05) is 24.9 Å². The lowest BCUT2D eigenvalue weighted by Crippen LogP contribution is -2.51. The molecule has 2 saturated heterocycles. The average molecular weight is 513 g/mol. The Morgan fingerprint density at radius 3 is 2.69 bits per heavy atom. The van der Waals surface area contributed by atoms with Gasteiger partial charge in [-0.3, -0.25) is 9.59 Å². The van der Waals surface area contributed by atoms with Crippen LogP contribution in [0.2, 0.25) is 0 Å². The Morgan fingerprint density at radius 1 is 1.21 bits per heavy atom. The standard InChI is InChI=1S/C21H31N5O2.HI/c1-3-22-21(24-18-9-10-19(27)25(2)15-18)23-13-16-6-4-7-17(12-16)14-26-11-5-8-20(26)28;/h4,6-7,12,18H,3,5,8-11,13-15H2,1-2H3,(H2,22,23,24);1H. The van der Waals surface area contributed by atoms with Crippen LogP contribution >= 0.6 is 24.0 Å². The van der Waals surface area contributed by atoms with E-state index >= 15 is 0 Å². The number of nitrogens with zero attached hydrogens (tertiary/aromatic N) is 3. The first-order chi connectivity index (χ1) is 13.5. The molecule has 1 aromatic rings. The maximum atomic E-state index is 11.8. The van der Waals surface area contributed by atoms with Crippen molar-refractivity contribution >= 4 is 41.8 Å². The fourth-order valence-corrected chi connectivity index (χ4v) is 3.73. The molecule has 8 heteroatoms. The summed E-state index contributed by atoms with van der Waals surface area (Å²) in [4.78, 5) is 31.9. The molecule has 0 saturated carbocycles. The molecule has 2 heterocycles. The minimum Gasteiger partial charge on any atom is -0.357 e. The number of piperidine rings is 1. The quantitative estimate of drug-likeness (QED) is 0.347. The van der Waals surface area contributed by atoms with Crippen molar-refractivity contribution in [3.05, 3.63) is 35.4 Å². The second-order valence-electron chi connectivity index (χ2n) is 7.59. The first kappa shape index (κ1) is 23.4. The number of benzene rings is 1. The van der Waals surface area contributed by atoms with Crippen LogP contribution in [0.5, 0.6) is 0 Å². The zero-order valence-corrected chi connectivity index (χ0v) is 19.6. The van der Waals surface area contributed by atoms with Gasteiger partial charge < -0.3 is 20.4 Å². The van der Waals surface area contributed by atoms with Gasteiger partial charge in [-0.05, 0) is 30.9 Å². The number of rotatable bonds is 6. The number of carbonyl (C=O) groups excluding carboxylic acids is 2. The second kappa shape index (κ2) is 11.4. The molecule has 2 aliphatic heterocycles. The predicted molar refractivity (Wildman–Crippen MR) is 125 cm³/mol. The fourth-order valence-electron chi connectivity index (χ4n) is 3.73. The van der Waals surface area contributed by atoms with Gasteiger partial charge in [0.25, 0.3) is 0 Å². The highest BCUT2D eigenvalue weighted by molar-refractivity contribution is 14.0. The van der Waals surface area contributed by atoms with Crippen LogP contribution in [0.4, 0.5) is 0 Å². The van der Waals surface area contributed by atoms with Gasteiger partial charge in [0, 0.05) is 52.1 Å². The summed E-state index contributed by atoms with van der Waals surface area (Å²) in [7, 11) is 1.84. The summed E-state index contributed by atoms with van der Waals surface area (Å²) in [5.41, 5.74) is 2.27. The highest BCUT2D eigenvalue weighted by Gasteiger charge is 2.23. The number of hydrogen-bond acceptors (Lipinski definition) is 3. The summed E-state index contributed by atoms with van der Waals surface area (Å²) in [6, 6.07) is 8.51. The monoisotopic (exact) mass is 513 g/mol. The predicted octanol–water partition coefficient (Wildman–Crippen LogP) is 2.10. The molecule has 3 rings (SSSR count). The van der Waals surface area contributed by atoms with Crippen LogP contribution in [0.15, 0.2) is 29.3 Å². The normalized spacial score (nSPS) is 19.9. The van der Waals surface area contributed by atoms with Gasteiger partial charge in [-0.25, -0.2) is 4.99 Å². The van der Waals surface area contributed by atoms with E-state index in [1.54, 1.807) is 4.90 Å². The molecule has 2 N–H and O–H groups in total. The van der Waals surface area contributed by atoms with Crippen molar-refractivity contribution in [1.82, 2.24) is 20.4 Å². The third-order valence-corrected chi connectivity index (χ3v) is 5.27. The van der Waals surface area contributed by atoms with E-state index in [1.165, 1.54) is 0 Å². The van der Waals surface area contributed by atoms with Crippen LogP contribution in [0.25, 0.3) is 0 Å². The summed E-state index contributed by atoms with van der Waals surface area (Å²) >= 11 is 0. The second-order valence-corrected chi connectivity index (χ2v) is 7.59. The Labute approximate surface area is 190 Å². The zero-order chi connectivity index (χ0) is 19.9. The highest BCUT2D eigenvalue weighted by atomic mass is 127. The first-order valence-electron chi connectivity index (χ1n) is 10.2. The first-order valence-corrected chi connectivity index (χ1v) is 10.2. The third kappa shape index (κ3) is 6.87. The topological polar surface area (TPSA) is 77.0 Å².